The highest BCUT2D eigenvalue weighted by atomic mass is 32.2. The van der Waals surface area contributed by atoms with Gasteiger partial charge in [0.05, 0.1) is 5.56 Å². The van der Waals surface area contributed by atoms with E-state index in [4.69, 9.17) is 10.8 Å². The molecule has 0 radical (unpaired) electrons. The quantitative estimate of drug-likeness (QED) is 0.847. The molecule has 0 aromatic heterocycles. The number of aryl methyl sites for hydroxylation is 1. The molecule has 3 N–H and O–H groups in total. The summed E-state index contributed by atoms with van der Waals surface area (Å²) in [5.41, 5.74) is 6.42. The van der Waals surface area contributed by atoms with Crippen molar-refractivity contribution in [2.45, 2.75) is 16.7 Å². The Balaban J connectivity index is 2.41. The molecule has 6 heteroatoms. The summed E-state index contributed by atoms with van der Waals surface area (Å²) in [5, 5.41) is 9.06. The summed E-state index contributed by atoms with van der Waals surface area (Å²) in [6.07, 6.45) is 0. The fraction of sp³-hybridized carbons (Fsp3) is 0.0714. The van der Waals surface area contributed by atoms with Crippen molar-refractivity contribution in [1.82, 2.24) is 0 Å². The van der Waals surface area contributed by atoms with E-state index in [0.29, 0.717) is 10.5 Å². The van der Waals surface area contributed by atoms with Gasteiger partial charge in [-0.25, -0.2) is 13.6 Å². The second-order valence-corrected chi connectivity index (χ2v) is 5.30. The Morgan fingerprint density at radius 3 is 2.55 bits per heavy atom. The average molecular weight is 295 g/mol. The van der Waals surface area contributed by atoms with Gasteiger partial charge in [0.25, 0.3) is 0 Å². The van der Waals surface area contributed by atoms with E-state index >= 15 is 0 Å². The van der Waals surface area contributed by atoms with Gasteiger partial charge in [0, 0.05) is 21.5 Å². The van der Waals surface area contributed by atoms with Crippen LogP contribution in [0.1, 0.15) is 15.9 Å². The minimum Gasteiger partial charge on any atom is -0.478 e. The van der Waals surface area contributed by atoms with Gasteiger partial charge in [0.2, 0.25) is 0 Å². The van der Waals surface area contributed by atoms with Crippen LogP contribution in [0.5, 0.6) is 0 Å². The summed E-state index contributed by atoms with van der Waals surface area (Å²) in [4.78, 5) is 11.8. The number of rotatable bonds is 3. The number of nitrogens with two attached hydrogens (primary N) is 1. The SMILES string of the molecule is Cc1cc(Sc2ccc(F)cc2F)cc(C(=O)O)c1N. The van der Waals surface area contributed by atoms with Crippen molar-refractivity contribution in [3.05, 3.63) is 53.1 Å². The van der Waals surface area contributed by atoms with Gasteiger partial charge in [0.15, 0.2) is 0 Å². The largest absolute Gasteiger partial charge is 0.478 e. The Morgan fingerprint density at radius 2 is 1.95 bits per heavy atom. The smallest absolute Gasteiger partial charge is 0.337 e. The highest BCUT2D eigenvalue weighted by Crippen LogP contribution is 2.33. The maximum Gasteiger partial charge on any atom is 0.337 e. The highest BCUT2D eigenvalue weighted by Gasteiger charge is 2.13. The van der Waals surface area contributed by atoms with Crippen molar-refractivity contribution < 1.29 is 18.7 Å². The topological polar surface area (TPSA) is 63.3 Å². The molecule has 0 spiro atoms. The molecular weight excluding hydrogens is 284 g/mol. The van der Waals surface area contributed by atoms with E-state index in [1.165, 1.54) is 12.1 Å². The van der Waals surface area contributed by atoms with Crippen LogP contribution in [0.2, 0.25) is 0 Å². The summed E-state index contributed by atoms with van der Waals surface area (Å²) >= 11 is 1.02. The van der Waals surface area contributed by atoms with Crippen LogP contribution in [0.15, 0.2) is 40.1 Å². The third kappa shape index (κ3) is 2.91. The van der Waals surface area contributed by atoms with Crippen molar-refractivity contribution in [2.75, 3.05) is 5.73 Å². The van der Waals surface area contributed by atoms with E-state index in [9.17, 15) is 13.6 Å². The number of hydrogen-bond donors (Lipinski definition) is 2. The van der Waals surface area contributed by atoms with Crippen LogP contribution in [-0.2, 0) is 0 Å². The molecule has 0 aliphatic rings. The summed E-state index contributed by atoms with van der Waals surface area (Å²) in [5.74, 6) is -2.50. The van der Waals surface area contributed by atoms with Gasteiger partial charge in [-0.1, -0.05) is 11.8 Å². The number of carbonyl (C=O) groups is 1. The minimum absolute atomic E-state index is 0.0324. The second kappa shape index (κ2) is 5.50. The molecule has 0 aliphatic carbocycles. The van der Waals surface area contributed by atoms with Gasteiger partial charge in [-0.05, 0) is 36.8 Å². The third-order valence-corrected chi connectivity index (χ3v) is 3.73. The molecule has 0 amide bonds. The van der Waals surface area contributed by atoms with Crippen LogP contribution in [0, 0.1) is 18.6 Å². The predicted molar refractivity (Wildman–Crippen MR) is 73.0 cm³/mol. The van der Waals surface area contributed by atoms with Crippen LogP contribution < -0.4 is 5.73 Å². The van der Waals surface area contributed by atoms with Crippen molar-refractivity contribution in [3.63, 3.8) is 0 Å². The molecule has 104 valence electrons. The van der Waals surface area contributed by atoms with Crippen LogP contribution >= 0.6 is 11.8 Å². The minimum atomic E-state index is -1.15. The molecule has 20 heavy (non-hydrogen) atoms. The van der Waals surface area contributed by atoms with Gasteiger partial charge in [-0.15, -0.1) is 0 Å². The molecule has 3 nitrogen and oxygen atoms in total. The molecule has 0 unspecified atom stereocenters. The van der Waals surface area contributed by atoms with Gasteiger partial charge in [-0.2, -0.15) is 0 Å². The number of halogens is 2. The molecular formula is C14H11F2NO2S. The summed E-state index contributed by atoms with van der Waals surface area (Å²) < 4.78 is 26.4. The molecule has 0 fully saturated rings. The molecule has 0 bridgehead atoms. The lowest BCUT2D eigenvalue weighted by molar-refractivity contribution is 0.0697. The Morgan fingerprint density at radius 1 is 1.25 bits per heavy atom. The van der Waals surface area contributed by atoms with Crippen molar-refractivity contribution in [1.29, 1.82) is 0 Å². The van der Waals surface area contributed by atoms with Crippen molar-refractivity contribution >= 4 is 23.4 Å². The van der Waals surface area contributed by atoms with Gasteiger partial charge >= 0.3 is 5.97 Å². The summed E-state index contributed by atoms with van der Waals surface area (Å²) in [6.45, 7) is 1.67. The number of carboxylic acid groups (broad SMARTS) is 1. The maximum atomic E-state index is 13.6. The first-order valence-electron chi connectivity index (χ1n) is 5.65. The third-order valence-electron chi connectivity index (χ3n) is 2.71. The zero-order valence-corrected chi connectivity index (χ0v) is 11.3. The van der Waals surface area contributed by atoms with Gasteiger partial charge in [0.1, 0.15) is 11.6 Å². The maximum absolute atomic E-state index is 13.6. The average Bonchev–Trinajstić information content (AvgIpc) is 2.36. The van der Waals surface area contributed by atoms with Crippen molar-refractivity contribution in [2.24, 2.45) is 0 Å². The van der Waals surface area contributed by atoms with E-state index in [2.05, 4.69) is 0 Å². The first kappa shape index (κ1) is 14.3. The lowest BCUT2D eigenvalue weighted by Gasteiger charge is -2.09. The van der Waals surface area contributed by atoms with Gasteiger partial charge < -0.3 is 10.8 Å². The lowest BCUT2D eigenvalue weighted by Crippen LogP contribution is -2.04. The highest BCUT2D eigenvalue weighted by molar-refractivity contribution is 7.99. The Hall–Kier alpha value is -2.08. The zero-order chi connectivity index (χ0) is 14.9. The number of anilines is 1. The Bertz CT molecular complexity index is 689. The zero-order valence-electron chi connectivity index (χ0n) is 10.5. The van der Waals surface area contributed by atoms with Gasteiger partial charge in [-0.3, -0.25) is 0 Å². The molecule has 0 heterocycles. The first-order chi connectivity index (χ1) is 9.38. The monoisotopic (exact) mass is 295 g/mol. The molecule has 0 saturated heterocycles. The fourth-order valence-electron chi connectivity index (χ4n) is 1.69. The standard InChI is InChI=1S/C14H11F2NO2S/c1-7-4-9(6-10(13(7)17)14(18)19)20-12-3-2-8(15)5-11(12)16/h2-6H,17H2,1H3,(H,18,19). The fourth-order valence-corrected chi connectivity index (χ4v) is 2.64. The number of nitrogen functional groups attached to an aromatic ring is 1. The van der Waals surface area contributed by atoms with E-state index in [1.54, 1.807) is 13.0 Å². The first-order valence-corrected chi connectivity index (χ1v) is 6.46. The summed E-state index contributed by atoms with van der Waals surface area (Å²) in [7, 11) is 0. The summed E-state index contributed by atoms with van der Waals surface area (Å²) in [6, 6.07) is 6.27. The molecule has 2 aromatic rings. The Kier molecular flexibility index (Phi) is 3.94. The van der Waals surface area contributed by atoms with E-state index in [-0.39, 0.29) is 16.1 Å². The van der Waals surface area contributed by atoms with Crippen LogP contribution in [0.3, 0.4) is 0 Å². The normalized spacial score (nSPS) is 10.6. The van der Waals surface area contributed by atoms with Crippen LogP contribution in [0.4, 0.5) is 14.5 Å². The molecule has 2 rings (SSSR count). The predicted octanol–water partition coefficient (Wildman–Crippen LogP) is 3.70. The second-order valence-electron chi connectivity index (χ2n) is 4.18. The molecule has 0 saturated carbocycles. The lowest BCUT2D eigenvalue weighted by atomic mass is 10.1. The number of aromatic carboxylic acids is 1. The molecule has 0 atom stereocenters. The molecule has 0 aliphatic heterocycles. The van der Waals surface area contributed by atoms with E-state index < -0.39 is 17.6 Å². The van der Waals surface area contributed by atoms with Crippen LogP contribution in [0.25, 0.3) is 0 Å². The number of carboxylic acids is 1. The van der Waals surface area contributed by atoms with Crippen molar-refractivity contribution in [3.8, 4) is 0 Å². The van der Waals surface area contributed by atoms with E-state index in [0.717, 1.165) is 23.9 Å². The molecule has 2 aromatic carbocycles. The Labute approximate surface area is 118 Å². The number of hydrogen-bond acceptors (Lipinski definition) is 3. The number of benzene rings is 2. The van der Waals surface area contributed by atoms with Crippen LogP contribution in [-0.4, -0.2) is 11.1 Å². The van der Waals surface area contributed by atoms with E-state index in [1.807, 2.05) is 0 Å².